The second-order valence-corrected chi connectivity index (χ2v) is 8.33. The summed E-state index contributed by atoms with van der Waals surface area (Å²) < 4.78 is 27.4. The zero-order chi connectivity index (χ0) is 18.1. The summed E-state index contributed by atoms with van der Waals surface area (Å²) in [6.07, 6.45) is 5.52. The zero-order valence-electron chi connectivity index (χ0n) is 15.1. The minimum absolute atomic E-state index is 0.138. The Bertz CT molecular complexity index is 679. The predicted octanol–water partition coefficient (Wildman–Crippen LogP) is 2.53. The summed E-state index contributed by atoms with van der Waals surface area (Å²) in [5, 5.41) is 3.06. The van der Waals surface area contributed by atoms with Crippen LogP contribution in [-0.4, -0.2) is 54.5 Å². The maximum atomic E-state index is 14.0. The second kappa shape index (κ2) is 7.24. The highest BCUT2D eigenvalue weighted by atomic mass is 19.2. The van der Waals surface area contributed by atoms with Crippen molar-refractivity contribution in [1.82, 2.24) is 15.1 Å². The lowest BCUT2D eigenvalue weighted by Gasteiger charge is -2.40. The average molecular weight is 363 g/mol. The first kappa shape index (κ1) is 17.9. The van der Waals surface area contributed by atoms with Crippen molar-refractivity contribution in [3.8, 4) is 0 Å². The predicted molar refractivity (Wildman–Crippen MR) is 95.5 cm³/mol. The Hall–Kier alpha value is -1.53. The highest BCUT2D eigenvalue weighted by Gasteiger charge is 2.41. The Kier molecular flexibility index (Phi) is 4.97. The third-order valence-corrected chi connectivity index (χ3v) is 5.99. The van der Waals surface area contributed by atoms with Crippen LogP contribution in [0.1, 0.15) is 37.7 Å². The Morgan fingerprint density at radius 3 is 2.77 bits per heavy atom. The van der Waals surface area contributed by atoms with E-state index >= 15 is 0 Å². The van der Waals surface area contributed by atoms with Crippen molar-refractivity contribution in [3.05, 3.63) is 35.4 Å². The van der Waals surface area contributed by atoms with E-state index in [9.17, 15) is 13.6 Å². The molecule has 1 unspecified atom stereocenters. The molecular formula is C20H27F2N3O. The van der Waals surface area contributed by atoms with Crippen LogP contribution < -0.4 is 5.32 Å². The maximum Gasteiger partial charge on any atom is 0.234 e. The van der Waals surface area contributed by atoms with E-state index in [4.69, 9.17) is 0 Å². The molecule has 2 saturated heterocycles. The van der Waals surface area contributed by atoms with Crippen LogP contribution >= 0.6 is 0 Å². The van der Waals surface area contributed by atoms with Crippen molar-refractivity contribution >= 4 is 5.91 Å². The molecule has 0 radical (unpaired) electrons. The number of carbonyl (C=O) groups excluding carboxylic acids is 1. The van der Waals surface area contributed by atoms with Gasteiger partial charge in [-0.3, -0.25) is 14.6 Å². The third kappa shape index (κ3) is 4.07. The first-order valence-corrected chi connectivity index (χ1v) is 9.70. The number of nitrogens with zero attached hydrogens (tertiary/aromatic N) is 2. The standard InChI is InChI=1S/C20H27F2N3O/c21-17-4-1-3-15(19(17)22)11-24-9-2-7-20(13-24)8-10-25(14-20)12-18(26)23-16-5-6-16/h1,3-4,16H,2,5-14H2,(H,23,26). The molecule has 4 rings (SSSR count). The van der Waals surface area contributed by atoms with E-state index in [0.29, 0.717) is 24.7 Å². The van der Waals surface area contributed by atoms with Crippen molar-refractivity contribution in [2.24, 2.45) is 5.41 Å². The number of hydrogen-bond donors (Lipinski definition) is 1. The minimum atomic E-state index is -0.775. The normalized spacial score (nSPS) is 27.2. The maximum absolute atomic E-state index is 14.0. The molecule has 2 heterocycles. The zero-order valence-corrected chi connectivity index (χ0v) is 15.1. The number of likely N-dealkylation sites (tertiary alicyclic amines) is 2. The number of benzene rings is 1. The molecule has 1 saturated carbocycles. The monoisotopic (exact) mass is 363 g/mol. The molecule has 1 amide bonds. The number of hydrogen-bond acceptors (Lipinski definition) is 3. The van der Waals surface area contributed by atoms with Gasteiger partial charge in [0.25, 0.3) is 0 Å². The van der Waals surface area contributed by atoms with Crippen molar-refractivity contribution < 1.29 is 13.6 Å². The quantitative estimate of drug-likeness (QED) is 0.873. The molecule has 1 spiro atoms. The number of piperidine rings is 1. The fourth-order valence-electron chi connectivity index (χ4n) is 4.56. The Morgan fingerprint density at radius 2 is 1.96 bits per heavy atom. The molecule has 6 heteroatoms. The third-order valence-electron chi connectivity index (χ3n) is 5.99. The smallest absolute Gasteiger partial charge is 0.234 e. The summed E-state index contributed by atoms with van der Waals surface area (Å²) in [4.78, 5) is 16.6. The van der Waals surface area contributed by atoms with Crippen LogP contribution in [-0.2, 0) is 11.3 Å². The van der Waals surface area contributed by atoms with Gasteiger partial charge in [-0.25, -0.2) is 8.78 Å². The summed E-state index contributed by atoms with van der Waals surface area (Å²) in [6, 6.07) is 4.81. The summed E-state index contributed by atoms with van der Waals surface area (Å²) in [6.45, 7) is 4.61. The van der Waals surface area contributed by atoms with Crippen LogP contribution in [0.15, 0.2) is 18.2 Å². The van der Waals surface area contributed by atoms with Crippen LogP contribution in [0.25, 0.3) is 0 Å². The number of carbonyl (C=O) groups is 1. The van der Waals surface area contributed by atoms with E-state index in [1.54, 1.807) is 12.1 Å². The summed E-state index contributed by atoms with van der Waals surface area (Å²) in [7, 11) is 0. The van der Waals surface area contributed by atoms with Crippen LogP contribution in [0.2, 0.25) is 0 Å². The van der Waals surface area contributed by atoms with Gasteiger partial charge in [-0.1, -0.05) is 12.1 Å². The van der Waals surface area contributed by atoms with Gasteiger partial charge >= 0.3 is 0 Å². The lowest BCUT2D eigenvalue weighted by atomic mass is 9.79. The van der Waals surface area contributed by atoms with E-state index in [1.165, 1.54) is 0 Å². The number of nitrogens with one attached hydrogen (secondary N) is 1. The van der Waals surface area contributed by atoms with Gasteiger partial charge in [0.1, 0.15) is 0 Å². The first-order valence-electron chi connectivity index (χ1n) is 9.70. The first-order chi connectivity index (χ1) is 12.5. The molecule has 3 fully saturated rings. The molecule has 26 heavy (non-hydrogen) atoms. The molecule has 1 atom stereocenters. The van der Waals surface area contributed by atoms with Crippen molar-refractivity contribution in [2.45, 2.75) is 44.7 Å². The lowest BCUT2D eigenvalue weighted by Crippen LogP contribution is -2.45. The minimum Gasteiger partial charge on any atom is -0.352 e. The van der Waals surface area contributed by atoms with Gasteiger partial charge in [-0.2, -0.15) is 0 Å². The van der Waals surface area contributed by atoms with Crippen LogP contribution in [0, 0.1) is 17.0 Å². The van der Waals surface area contributed by atoms with Crippen LogP contribution in [0.3, 0.4) is 0 Å². The lowest BCUT2D eigenvalue weighted by molar-refractivity contribution is -0.122. The van der Waals surface area contributed by atoms with Gasteiger partial charge in [-0.15, -0.1) is 0 Å². The second-order valence-electron chi connectivity index (χ2n) is 8.33. The molecule has 142 valence electrons. The summed E-state index contributed by atoms with van der Waals surface area (Å²) in [5.74, 6) is -1.36. The van der Waals surface area contributed by atoms with E-state index in [-0.39, 0.29) is 11.3 Å². The summed E-state index contributed by atoms with van der Waals surface area (Å²) >= 11 is 0. The largest absolute Gasteiger partial charge is 0.352 e. The molecule has 1 N–H and O–H groups in total. The summed E-state index contributed by atoms with van der Waals surface area (Å²) in [5.41, 5.74) is 0.614. The highest BCUT2D eigenvalue weighted by Crippen LogP contribution is 2.39. The number of amides is 1. The van der Waals surface area contributed by atoms with Gasteiger partial charge in [-0.05, 0) is 56.7 Å². The van der Waals surface area contributed by atoms with E-state index in [2.05, 4.69) is 15.1 Å². The molecule has 1 aromatic rings. The molecule has 0 aromatic heterocycles. The molecule has 1 aliphatic carbocycles. The van der Waals surface area contributed by atoms with Crippen LogP contribution in [0.5, 0.6) is 0 Å². The van der Waals surface area contributed by atoms with Crippen molar-refractivity contribution in [3.63, 3.8) is 0 Å². The fraction of sp³-hybridized carbons (Fsp3) is 0.650. The van der Waals surface area contributed by atoms with Gasteiger partial charge in [0.05, 0.1) is 6.54 Å². The molecule has 0 bridgehead atoms. The van der Waals surface area contributed by atoms with E-state index in [1.807, 2.05) is 0 Å². The molecule has 4 nitrogen and oxygen atoms in total. The van der Waals surface area contributed by atoms with Crippen molar-refractivity contribution in [2.75, 3.05) is 32.7 Å². The topological polar surface area (TPSA) is 35.6 Å². The Balaban J connectivity index is 1.34. The van der Waals surface area contributed by atoms with Gasteiger partial charge < -0.3 is 5.32 Å². The van der Waals surface area contributed by atoms with Crippen LogP contribution in [0.4, 0.5) is 8.78 Å². The molecule has 2 aliphatic heterocycles. The average Bonchev–Trinajstić information content (AvgIpc) is 3.34. The Morgan fingerprint density at radius 1 is 1.15 bits per heavy atom. The van der Waals surface area contributed by atoms with Gasteiger partial charge in [0.2, 0.25) is 5.91 Å². The molecular weight excluding hydrogens is 336 g/mol. The molecule has 1 aromatic carbocycles. The SMILES string of the molecule is O=C(CN1CCC2(CCCN(Cc3cccc(F)c3F)C2)C1)NC1CC1. The van der Waals surface area contributed by atoms with Gasteiger partial charge in [0, 0.05) is 31.2 Å². The number of rotatable bonds is 5. The Labute approximate surface area is 153 Å². The fourth-order valence-corrected chi connectivity index (χ4v) is 4.56. The van der Waals surface area contributed by atoms with E-state index < -0.39 is 11.6 Å². The van der Waals surface area contributed by atoms with Crippen molar-refractivity contribution in [1.29, 1.82) is 0 Å². The van der Waals surface area contributed by atoms with E-state index in [0.717, 1.165) is 64.3 Å². The van der Waals surface area contributed by atoms with Gasteiger partial charge in [0.15, 0.2) is 11.6 Å². The number of halogens is 2. The molecule has 3 aliphatic rings. The highest BCUT2D eigenvalue weighted by molar-refractivity contribution is 5.78.